The van der Waals surface area contributed by atoms with E-state index in [1.807, 2.05) is 31.2 Å². The molecule has 24 heavy (non-hydrogen) atoms. The van der Waals surface area contributed by atoms with Crippen LogP contribution in [0.5, 0.6) is 0 Å². The third kappa shape index (κ3) is 2.49. The number of hydrogen-bond donors (Lipinski definition) is 1. The highest BCUT2D eigenvalue weighted by Gasteiger charge is 2.21. The standard InChI is InChI=1S/C18H14N2O3S/c1-4-8-20-15(12-7-5-6-10(2)9-12)19-16-13(17(20)21)11(3)14(24-16)18(22)23/h1,5-7,9H,8H2,2-3H3,(H,22,23). The molecule has 0 fully saturated rings. The highest BCUT2D eigenvalue weighted by atomic mass is 32.1. The SMILES string of the molecule is C#CCn1c(-c2cccc(C)c2)nc2sc(C(=O)O)c(C)c2c1=O. The topological polar surface area (TPSA) is 72.2 Å². The molecule has 6 heteroatoms. The van der Waals surface area contributed by atoms with Gasteiger partial charge in [0.05, 0.1) is 11.9 Å². The van der Waals surface area contributed by atoms with Crippen LogP contribution in [0.15, 0.2) is 29.1 Å². The second-order valence-electron chi connectivity index (χ2n) is 5.44. The lowest BCUT2D eigenvalue weighted by molar-refractivity contribution is 0.0701. The first-order valence-electron chi connectivity index (χ1n) is 7.21. The minimum absolute atomic E-state index is 0.0722. The summed E-state index contributed by atoms with van der Waals surface area (Å²) >= 11 is 1.01. The lowest BCUT2D eigenvalue weighted by Crippen LogP contribution is -2.23. The predicted octanol–water partition coefficient (Wildman–Crippen LogP) is 3.07. The Kier molecular flexibility index (Phi) is 3.96. The van der Waals surface area contributed by atoms with Crippen LogP contribution in [0.1, 0.15) is 20.8 Å². The summed E-state index contributed by atoms with van der Waals surface area (Å²) in [6, 6.07) is 7.60. The van der Waals surface area contributed by atoms with Crippen molar-refractivity contribution < 1.29 is 9.90 Å². The number of rotatable bonds is 3. The molecule has 0 aliphatic carbocycles. The fourth-order valence-corrected chi connectivity index (χ4v) is 3.67. The van der Waals surface area contributed by atoms with Crippen molar-refractivity contribution in [3.8, 4) is 23.7 Å². The van der Waals surface area contributed by atoms with Crippen molar-refractivity contribution >= 4 is 27.5 Å². The monoisotopic (exact) mass is 338 g/mol. The Morgan fingerprint density at radius 2 is 2.17 bits per heavy atom. The van der Waals surface area contributed by atoms with E-state index in [1.54, 1.807) is 6.92 Å². The zero-order chi connectivity index (χ0) is 17.4. The molecule has 3 rings (SSSR count). The molecule has 0 aliphatic rings. The normalized spacial score (nSPS) is 10.7. The Hall–Kier alpha value is -2.91. The van der Waals surface area contributed by atoms with E-state index < -0.39 is 5.97 Å². The smallest absolute Gasteiger partial charge is 0.346 e. The maximum Gasteiger partial charge on any atom is 0.346 e. The van der Waals surface area contributed by atoms with E-state index in [4.69, 9.17) is 6.42 Å². The highest BCUT2D eigenvalue weighted by Crippen LogP contribution is 2.29. The summed E-state index contributed by atoms with van der Waals surface area (Å²) in [6.07, 6.45) is 5.41. The van der Waals surface area contributed by atoms with E-state index in [0.29, 0.717) is 21.6 Å². The molecule has 3 aromatic rings. The van der Waals surface area contributed by atoms with Gasteiger partial charge in [-0.3, -0.25) is 9.36 Å². The van der Waals surface area contributed by atoms with Crippen LogP contribution in [-0.4, -0.2) is 20.6 Å². The van der Waals surface area contributed by atoms with Crippen LogP contribution in [0.3, 0.4) is 0 Å². The van der Waals surface area contributed by atoms with Gasteiger partial charge in [-0.1, -0.05) is 29.7 Å². The van der Waals surface area contributed by atoms with Gasteiger partial charge >= 0.3 is 5.97 Å². The third-order valence-electron chi connectivity index (χ3n) is 3.77. The van der Waals surface area contributed by atoms with Gasteiger partial charge in [0.15, 0.2) is 0 Å². The molecule has 0 atom stereocenters. The summed E-state index contributed by atoms with van der Waals surface area (Å²) in [7, 11) is 0. The second kappa shape index (κ2) is 5.95. The average Bonchev–Trinajstić information content (AvgIpc) is 2.87. The molecule has 0 unspecified atom stereocenters. The summed E-state index contributed by atoms with van der Waals surface area (Å²) < 4.78 is 1.42. The first-order chi connectivity index (χ1) is 11.4. The van der Waals surface area contributed by atoms with Crippen LogP contribution >= 0.6 is 11.3 Å². The molecule has 1 aromatic carbocycles. The van der Waals surface area contributed by atoms with E-state index in [0.717, 1.165) is 22.5 Å². The lowest BCUT2D eigenvalue weighted by Gasteiger charge is -2.10. The van der Waals surface area contributed by atoms with Gasteiger partial charge in [0.1, 0.15) is 15.5 Å². The van der Waals surface area contributed by atoms with Gasteiger partial charge < -0.3 is 5.11 Å². The number of fused-ring (bicyclic) bond motifs is 1. The molecule has 1 N–H and O–H groups in total. The van der Waals surface area contributed by atoms with Crippen LogP contribution in [0.2, 0.25) is 0 Å². The average molecular weight is 338 g/mol. The lowest BCUT2D eigenvalue weighted by atomic mass is 10.1. The fraction of sp³-hybridized carbons (Fsp3) is 0.167. The van der Waals surface area contributed by atoms with Crippen molar-refractivity contribution in [1.82, 2.24) is 9.55 Å². The molecule has 2 heterocycles. The minimum atomic E-state index is -1.06. The molecule has 0 radical (unpaired) electrons. The molecule has 120 valence electrons. The molecule has 2 aromatic heterocycles. The first kappa shape index (κ1) is 16.0. The molecule has 0 amide bonds. The predicted molar refractivity (Wildman–Crippen MR) is 94.6 cm³/mol. The maximum atomic E-state index is 12.9. The van der Waals surface area contributed by atoms with Gasteiger partial charge in [-0.05, 0) is 25.5 Å². The molecule has 0 saturated carbocycles. The van der Waals surface area contributed by atoms with E-state index in [2.05, 4.69) is 10.9 Å². The van der Waals surface area contributed by atoms with E-state index in [-0.39, 0.29) is 17.0 Å². The molecule has 5 nitrogen and oxygen atoms in total. The van der Waals surface area contributed by atoms with E-state index >= 15 is 0 Å². The van der Waals surface area contributed by atoms with Gasteiger partial charge in [-0.25, -0.2) is 9.78 Å². The molecule has 0 bridgehead atoms. The van der Waals surface area contributed by atoms with Gasteiger partial charge in [-0.15, -0.1) is 17.8 Å². The summed E-state index contributed by atoms with van der Waals surface area (Å²) in [5.74, 6) is 1.86. The minimum Gasteiger partial charge on any atom is -0.477 e. The second-order valence-corrected chi connectivity index (χ2v) is 6.44. The summed E-state index contributed by atoms with van der Waals surface area (Å²) in [5.41, 5.74) is 1.92. The van der Waals surface area contributed by atoms with Gasteiger partial charge in [0.25, 0.3) is 5.56 Å². The third-order valence-corrected chi connectivity index (χ3v) is 4.94. The Balaban J connectivity index is 2.42. The Bertz CT molecular complexity index is 1070. The number of aromatic carboxylic acids is 1. The quantitative estimate of drug-likeness (QED) is 0.745. The van der Waals surface area contributed by atoms with Crippen LogP contribution in [0.4, 0.5) is 0 Å². The first-order valence-corrected chi connectivity index (χ1v) is 8.03. The number of carbonyl (C=O) groups is 1. The zero-order valence-electron chi connectivity index (χ0n) is 13.2. The number of carboxylic acids is 1. The van der Waals surface area contributed by atoms with E-state index in [9.17, 15) is 14.7 Å². The number of aryl methyl sites for hydroxylation is 2. The fourth-order valence-electron chi connectivity index (χ4n) is 2.66. The van der Waals surface area contributed by atoms with Crippen LogP contribution in [-0.2, 0) is 6.54 Å². The van der Waals surface area contributed by atoms with Crippen LogP contribution in [0, 0.1) is 26.2 Å². The number of hydrogen-bond acceptors (Lipinski definition) is 4. The highest BCUT2D eigenvalue weighted by molar-refractivity contribution is 7.20. The molecular formula is C18H14N2O3S. The van der Waals surface area contributed by atoms with Crippen molar-refractivity contribution in [2.45, 2.75) is 20.4 Å². The summed E-state index contributed by atoms with van der Waals surface area (Å²) in [5, 5.41) is 9.62. The van der Waals surface area contributed by atoms with Crippen molar-refractivity contribution in [2.24, 2.45) is 0 Å². The van der Waals surface area contributed by atoms with E-state index in [1.165, 1.54) is 4.57 Å². The van der Waals surface area contributed by atoms with Gasteiger partial charge in [0, 0.05) is 5.56 Å². The zero-order valence-corrected chi connectivity index (χ0v) is 14.0. The Morgan fingerprint density at radius 1 is 1.42 bits per heavy atom. The van der Waals surface area contributed by atoms with Crippen molar-refractivity contribution in [3.63, 3.8) is 0 Å². The number of aromatic nitrogens is 2. The molecule has 0 saturated heterocycles. The maximum absolute atomic E-state index is 12.9. The summed E-state index contributed by atoms with van der Waals surface area (Å²) in [6.45, 7) is 3.64. The van der Waals surface area contributed by atoms with Crippen molar-refractivity contribution in [2.75, 3.05) is 0 Å². The number of terminal acetylenes is 1. The van der Waals surface area contributed by atoms with Crippen LogP contribution in [0.25, 0.3) is 21.6 Å². The number of nitrogens with zero attached hydrogens (tertiary/aromatic N) is 2. The van der Waals surface area contributed by atoms with Crippen molar-refractivity contribution in [3.05, 3.63) is 50.6 Å². The van der Waals surface area contributed by atoms with Gasteiger partial charge in [0.2, 0.25) is 0 Å². The number of carboxylic acid groups (broad SMARTS) is 1. The molecule has 0 spiro atoms. The van der Waals surface area contributed by atoms with Gasteiger partial charge in [-0.2, -0.15) is 0 Å². The Morgan fingerprint density at radius 3 is 2.79 bits per heavy atom. The molecular weight excluding hydrogens is 324 g/mol. The van der Waals surface area contributed by atoms with Crippen molar-refractivity contribution in [1.29, 1.82) is 0 Å². The number of thiophene rings is 1. The molecule has 0 aliphatic heterocycles. The van der Waals surface area contributed by atoms with Crippen LogP contribution < -0.4 is 5.56 Å². The number of benzene rings is 1. The summed E-state index contributed by atoms with van der Waals surface area (Å²) in [4.78, 5) is 29.3. The Labute approximate surface area is 142 Å². The largest absolute Gasteiger partial charge is 0.477 e.